The van der Waals surface area contributed by atoms with Gasteiger partial charge in [-0.25, -0.2) is 13.4 Å². The number of thiazole rings is 1. The molecule has 4 nitrogen and oxygen atoms in total. The van der Waals surface area contributed by atoms with E-state index in [4.69, 9.17) is 11.6 Å². The van der Waals surface area contributed by atoms with Crippen molar-refractivity contribution in [2.75, 3.05) is 6.54 Å². The predicted molar refractivity (Wildman–Crippen MR) is 98.4 cm³/mol. The molecule has 2 heterocycles. The lowest BCUT2D eigenvalue weighted by molar-refractivity contribution is -0.137. The predicted octanol–water partition coefficient (Wildman–Crippen LogP) is 5.29. The first-order chi connectivity index (χ1) is 12.6. The van der Waals surface area contributed by atoms with Crippen LogP contribution in [0.1, 0.15) is 47.7 Å². The Bertz CT molecular complexity index is 929. The summed E-state index contributed by atoms with van der Waals surface area (Å²) in [6, 6.07) is 1.92. The van der Waals surface area contributed by atoms with Crippen LogP contribution in [-0.2, 0) is 22.6 Å². The van der Waals surface area contributed by atoms with Crippen molar-refractivity contribution in [2.45, 2.75) is 49.7 Å². The minimum atomic E-state index is -4.59. The molecule has 1 aliphatic heterocycles. The average molecular weight is 439 g/mol. The normalized spacial score (nSPS) is 19.4. The Morgan fingerprint density at radius 3 is 2.67 bits per heavy atom. The fourth-order valence-corrected chi connectivity index (χ4v) is 6.34. The van der Waals surface area contributed by atoms with Gasteiger partial charge in [-0.2, -0.15) is 17.5 Å². The highest BCUT2D eigenvalue weighted by Crippen LogP contribution is 2.40. The van der Waals surface area contributed by atoms with Gasteiger partial charge in [0, 0.05) is 17.6 Å². The summed E-state index contributed by atoms with van der Waals surface area (Å²) in [6.07, 6.45) is 0.121. The van der Waals surface area contributed by atoms with E-state index in [0.717, 1.165) is 29.9 Å². The number of nitrogens with zero attached hydrogens (tertiary/aromatic N) is 2. The molecule has 27 heavy (non-hydrogen) atoms. The van der Waals surface area contributed by atoms with Crippen molar-refractivity contribution in [2.24, 2.45) is 0 Å². The summed E-state index contributed by atoms with van der Waals surface area (Å²) in [5.74, 6) is 0. The molecule has 1 aliphatic rings. The summed E-state index contributed by atoms with van der Waals surface area (Å²) in [6.45, 7) is 2.28. The molecule has 0 N–H and O–H groups in total. The first-order valence-corrected chi connectivity index (χ1v) is 11.1. The van der Waals surface area contributed by atoms with Gasteiger partial charge in [0.15, 0.2) is 0 Å². The number of alkyl halides is 3. The van der Waals surface area contributed by atoms with Crippen LogP contribution in [0.5, 0.6) is 0 Å². The van der Waals surface area contributed by atoms with Crippen molar-refractivity contribution in [3.8, 4) is 0 Å². The molecule has 1 fully saturated rings. The van der Waals surface area contributed by atoms with Gasteiger partial charge in [-0.15, -0.1) is 11.3 Å². The summed E-state index contributed by atoms with van der Waals surface area (Å²) in [5.41, 5.74) is -0.978. The number of halogens is 4. The third kappa shape index (κ3) is 4.16. The van der Waals surface area contributed by atoms with Gasteiger partial charge in [0.1, 0.15) is 9.90 Å². The van der Waals surface area contributed by atoms with Crippen molar-refractivity contribution < 1.29 is 21.6 Å². The van der Waals surface area contributed by atoms with Crippen LogP contribution in [0.25, 0.3) is 0 Å². The van der Waals surface area contributed by atoms with Crippen molar-refractivity contribution in [1.29, 1.82) is 0 Å². The van der Waals surface area contributed by atoms with Gasteiger partial charge in [0.05, 0.1) is 16.6 Å². The van der Waals surface area contributed by atoms with Crippen LogP contribution in [0.4, 0.5) is 13.2 Å². The monoisotopic (exact) mass is 438 g/mol. The van der Waals surface area contributed by atoms with E-state index < -0.39 is 32.8 Å². The van der Waals surface area contributed by atoms with Gasteiger partial charge >= 0.3 is 6.18 Å². The van der Waals surface area contributed by atoms with Gasteiger partial charge in [-0.1, -0.05) is 24.9 Å². The number of hydrogen-bond acceptors (Lipinski definition) is 4. The highest BCUT2D eigenvalue weighted by atomic mass is 35.5. The fourth-order valence-electron chi connectivity index (χ4n) is 3.09. The molecule has 0 bridgehead atoms. The van der Waals surface area contributed by atoms with E-state index in [-0.39, 0.29) is 11.4 Å². The second kappa shape index (κ2) is 7.69. The molecule has 148 valence electrons. The molecule has 0 saturated carbocycles. The number of sulfonamides is 1. The summed E-state index contributed by atoms with van der Waals surface area (Å²) in [5, 5.41) is 0.278. The smallest absolute Gasteiger partial charge is 0.248 e. The number of aryl methyl sites for hydroxylation is 1. The summed E-state index contributed by atoms with van der Waals surface area (Å²) in [7, 11) is -4.05. The largest absolute Gasteiger partial charge is 0.416 e. The van der Waals surface area contributed by atoms with Crippen molar-refractivity contribution in [1.82, 2.24) is 9.29 Å². The lowest BCUT2D eigenvalue weighted by Gasteiger charge is -2.33. The van der Waals surface area contributed by atoms with E-state index in [1.165, 1.54) is 15.6 Å². The summed E-state index contributed by atoms with van der Waals surface area (Å²) >= 11 is 7.41. The Morgan fingerprint density at radius 1 is 1.33 bits per heavy atom. The van der Waals surface area contributed by atoms with Gasteiger partial charge in [0.2, 0.25) is 10.0 Å². The second-order valence-corrected chi connectivity index (χ2v) is 9.70. The molecule has 1 aromatic carbocycles. The Hall–Kier alpha value is -1.16. The molecule has 1 unspecified atom stereocenters. The minimum Gasteiger partial charge on any atom is -0.248 e. The van der Waals surface area contributed by atoms with E-state index in [2.05, 4.69) is 4.98 Å². The first kappa shape index (κ1) is 20.6. The third-order valence-corrected chi connectivity index (χ3v) is 8.14. The fraction of sp³-hybridized carbons (Fsp3) is 0.471. The number of benzene rings is 1. The van der Waals surface area contributed by atoms with Crippen LogP contribution in [0, 0.1) is 0 Å². The average Bonchev–Trinajstić information content (AvgIpc) is 3.09. The molecule has 0 radical (unpaired) electrons. The molecule has 1 aromatic heterocycles. The van der Waals surface area contributed by atoms with Crippen LogP contribution >= 0.6 is 22.9 Å². The van der Waals surface area contributed by atoms with Gasteiger partial charge in [-0.3, -0.25) is 0 Å². The quantitative estimate of drug-likeness (QED) is 0.651. The zero-order valence-corrected chi connectivity index (χ0v) is 16.9. The minimum absolute atomic E-state index is 0.283. The highest BCUT2D eigenvalue weighted by molar-refractivity contribution is 7.89. The Morgan fingerprint density at radius 2 is 2.07 bits per heavy atom. The highest BCUT2D eigenvalue weighted by Gasteiger charge is 2.38. The number of aromatic nitrogens is 1. The zero-order chi connectivity index (χ0) is 19.8. The molecular formula is C17H18ClF3N2O2S2. The zero-order valence-electron chi connectivity index (χ0n) is 14.5. The lowest BCUT2D eigenvalue weighted by Crippen LogP contribution is -2.38. The molecular weight excluding hydrogens is 421 g/mol. The third-order valence-electron chi connectivity index (χ3n) is 4.50. The lowest BCUT2D eigenvalue weighted by atomic mass is 10.1. The number of hydrogen-bond donors (Lipinski definition) is 0. The molecule has 3 rings (SSSR count). The standard InChI is InChI=1S/C17H18ClF3N2O2S2/c1-2-12-10-22-16(26-12)14-5-3-4-8-23(14)27(24,25)15-7-6-11(9-13(15)18)17(19,20)21/h6-7,9-10,14H,2-5,8H2,1H3. The molecule has 0 amide bonds. The summed E-state index contributed by atoms with van der Waals surface area (Å²) < 4.78 is 66.2. The van der Waals surface area contributed by atoms with Crippen molar-refractivity contribution in [3.05, 3.63) is 44.9 Å². The molecule has 1 saturated heterocycles. The van der Waals surface area contributed by atoms with Gasteiger partial charge in [-0.05, 0) is 37.5 Å². The van der Waals surface area contributed by atoms with E-state index in [1.54, 1.807) is 6.20 Å². The maximum atomic E-state index is 13.2. The second-order valence-electron chi connectivity index (χ2n) is 6.29. The SMILES string of the molecule is CCc1cnc(C2CCCCN2S(=O)(=O)c2ccc(C(F)(F)F)cc2Cl)s1. The summed E-state index contributed by atoms with van der Waals surface area (Å²) in [4.78, 5) is 5.11. The van der Waals surface area contributed by atoms with Gasteiger partial charge < -0.3 is 0 Å². The maximum Gasteiger partial charge on any atom is 0.416 e. The Labute approximate surface area is 165 Å². The topological polar surface area (TPSA) is 50.3 Å². The van der Waals surface area contributed by atoms with E-state index in [1.807, 2.05) is 6.92 Å². The van der Waals surface area contributed by atoms with E-state index in [9.17, 15) is 21.6 Å². The van der Waals surface area contributed by atoms with E-state index in [0.29, 0.717) is 23.9 Å². The van der Waals surface area contributed by atoms with Crippen LogP contribution in [-0.4, -0.2) is 24.3 Å². The molecule has 0 aliphatic carbocycles. The molecule has 2 aromatic rings. The number of rotatable bonds is 4. The molecule has 0 spiro atoms. The van der Waals surface area contributed by atoms with Crippen molar-refractivity contribution >= 4 is 33.0 Å². The van der Waals surface area contributed by atoms with Crippen LogP contribution < -0.4 is 0 Å². The molecule has 10 heteroatoms. The molecule has 1 atom stereocenters. The van der Waals surface area contributed by atoms with Crippen molar-refractivity contribution in [3.63, 3.8) is 0 Å². The van der Waals surface area contributed by atoms with E-state index >= 15 is 0 Å². The maximum absolute atomic E-state index is 13.2. The number of piperidine rings is 1. The Kier molecular flexibility index (Phi) is 5.86. The van der Waals surface area contributed by atoms with Crippen LogP contribution in [0.2, 0.25) is 5.02 Å². The Balaban J connectivity index is 1.99. The van der Waals surface area contributed by atoms with Gasteiger partial charge in [0.25, 0.3) is 0 Å². The van der Waals surface area contributed by atoms with Crippen LogP contribution in [0.15, 0.2) is 29.3 Å². The first-order valence-electron chi connectivity index (χ1n) is 8.47. The van der Waals surface area contributed by atoms with Crippen LogP contribution in [0.3, 0.4) is 0 Å².